The smallest absolute Gasteiger partial charge is 0.342 e. The van der Waals surface area contributed by atoms with E-state index in [2.05, 4.69) is 49.8 Å². The molecule has 7 heteroatoms. The Labute approximate surface area is 177 Å². The van der Waals surface area contributed by atoms with E-state index < -0.39 is 19.9 Å². The van der Waals surface area contributed by atoms with Crippen molar-refractivity contribution in [1.82, 2.24) is 0 Å². The summed E-state index contributed by atoms with van der Waals surface area (Å²) in [5.74, 6) is 1.32. The molecule has 0 fully saturated rings. The predicted molar refractivity (Wildman–Crippen MR) is 118 cm³/mol. The van der Waals surface area contributed by atoms with Crippen LogP contribution in [0.15, 0.2) is 16.5 Å². The summed E-state index contributed by atoms with van der Waals surface area (Å²) < 4.78 is 23.5. The van der Waals surface area contributed by atoms with Gasteiger partial charge in [-0.3, -0.25) is 0 Å². The number of hydrogen-bond acceptors (Lipinski definition) is 5. The molecule has 0 saturated heterocycles. The number of ether oxygens (including phenoxy) is 2. The van der Waals surface area contributed by atoms with E-state index in [0.29, 0.717) is 39.1 Å². The quantitative estimate of drug-likeness (QED) is 0.277. The van der Waals surface area contributed by atoms with Gasteiger partial charge in [0.1, 0.15) is 28.3 Å². The third-order valence-corrected chi connectivity index (χ3v) is 9.79. The average Bonchev–Trinajstić information content (AvgIpc) is 2.88. The first-order valence-electron chi connectivity index (χ1n) is 9.32. The van der Waals surface area contributed by atoms with E-state index in [1.165, 1.54) is 0 Å². The molecule has 0 unspecified atom stereocenters. The summed E-state index contributed by atoms with van der Waals surface area (Å²) in [5, 5.41) is 1.09. The first-order valence-corrected chi connectivity index (χ1v) is 13.3. The molecular weight excluding hydrogens is 440 g/mol. The van der Waals surface area contributed by atoms with Crippen molar-refractivity contribution in [2.24, 2.45) is 0 Å². The zero-order valence-corrected chi connectivity index (χ0v) is 20.9. The number of carbonyl (C=O) groups excluding carboxylic acids is 1. The van der Waals surface area contributed by atoms with E-state index in [9.17, 15) is 4.79 Å². The number of methoxy groups -OCH3 is 1. The van der Waals surface area contributed by atoms with Crippen LogP contribution >= 0.6 is 15.9 Å². The Morgan fingerprint density at radius 3 is 2.18 bits per heavy atom. The Hall–Kier alpha value is -1.47. The molecule has 0 aliphatic heterocycles. The summed E-state index contributed by atoms with van der Waals surface area (Å²) in [6.07, 6.45) is 0. The van der Waals surface area contributed by atoms with Crippen molar-refractivity contribution in [3.8, 4) is 11.5 Å². The maximum Gasteiger partial charge on any atom is 0.342 e. The molecule has 1 aromatic heterocycles. The maximum atomic E-state index is 12.9. The number of fused-ring (bicyclic) bond motifs is 1. The second-order valence-electron chi connectivity index (χ2n) is 9.40. The molecule has 156 valence electrons. The third kappa shape index (κ3) is 4.74. The van der Waals surface area contributed by atoms with Crippen LogP contribution in [0.5, 0.6) is 11.5 Å². The highest BCUT2D eigenvalue weighted by Crippen LogP contribution is 2.43. The van der Waals surface area contributed by atoms with Gasteiger partial charge in [-0.1, -0.05) is 36.7 Å². The van der Waals surface area contributed by atoms with Gasteiger partial charge in [-0.05, 0) is 45.0 Å². The number of carbonyl (C=O) groups is 1. The Kier molecular flexibility index (Phi) is 6.31. The SMILES string of the molecule is COc1cc2oc(CBr)c(C(=O)OC(C)(C)C)c2cc1O[Si](C)(C)C(C)(C)C. The number of halogens is 1. The van der Waals surface area contributed by atoms with E-state index in [1.807, 2.05) is 26.8 Å². The van der Waals surface area contributed by atoms with Crippen LogP contribution in [0.2, 0.25) is 18.1 Å². The Morgan fingerprint density at radius 2 is 1.71 bits per heavy atom. The summed E-state index contributed by atoms with van der Waals surface area (Å²) >= 11 is 3.41. The number of alkyl halides is 1. The van der Waals surface area contributed by atoms with Crippen molar-refractivity contribution < 1.29 is 23.1 Å². The Morgan fingerprint density at radius 1 is 1.11 bits per heavy atom. The van der Waals surface area contributed by atoms with Crippen LogP contribution < -0.4 is 9.16 Å². The molecular formula is C21H31BrO5Si. The van der Waals surface area contributed by atoms with Crippen molar-refractivity contribution in [3.05, 3.63) is 23.5 Å². The number of rotatable bonds is 5. The van der Waals surface area contributed by atoms with Gasteiger partial charge in [-0.25, -0.2) is 4.79 Å². The zero-order chi connectivity index (χ0) is 21.5. The monoisotopic (exact) mass is 470 g/mol. The zero-order valence-electron chi connectivity index (χ0n) is 18.3. The predicted octanol–water partition coefficient (Wildman–Crippen LogP) is 6.68. The largest absolute Gasteiger partial charge is 0.541 e. The van der Waals surface area contributed by atoms with Crippen LogP contribution in [-0.4, -0.2) is 27.0 Å². The summed E-state index contributed by atoms with van der Waals surface area (Å²) in [6.45, 7) is 16.4. The number of esters is 1. The summed E-state index contributed by atoms with van der Waals surface area (Å²) in [4.78, 5) is 12.9. The lowest BCUT2D eigenvalue weighted by Crippen LogP contribution is -2.43. The second kappa shape index (κ2) is 7.75. The van der Waals surface area contributed by atoms with Gasteiger partial charge in [-0.15, -0.1) is 0 Å². The van der Waals surface area contributed by atoms with Crippen molar-refractivity contribution in [3.63, 3.8) is 0 Å². The molecule has 0 saturated carbocycles. The van der Waals surface area contributed by atoms with Gasteiger partial charge in [0.25, 0.3) is 8.32 Å². The summed E-state index contributed by atoms with van der Waals surface area (Å²) in [5.41, 5.74) is 0.385. The molecule has 0 spiro atoms. The van der Waals surface area contributed by atoms with Crippen LogP contribution in [0.4, 0.5) is 0 Å². The van der Waals surface area contributed by atoms with Gasteiger partial charge in [0.2, 0.25) is 0 Å². The lowest BCUT2D eigenvalue weighted by molar-refractivity contribution is 0.00697. The van der Waals surface area contributed by atoms with Gasteiger partial charge >= 0.3 is 5.97 Å². The number of benzene rings is 1. The minimum Gasteiger partial charge on any atom is -0.541 e. The standard InChI is InChI=1S/C21H31BrO5Si/c1-20(2,3)26-19(23)18-13-10-16(27-28(8,9)21(4,5)6)15(24-7)11-14(13)25-17(18)12-22/h10-11H,12H2,1-9H3. The van der Waals surface area contributed by atoms with Crippen molar-refractivity contribution >= 4 is 41.2 Å². The fraction of sp³-hybridized carbons (Fsp3) is 0.571. The summed E-state index contributed by atoms with van der Waals surface area (Å²) in [6, 6.07) is 3.61. The molecule has 0 aliphatic carbocycles. The van der Waals surface area contributed by atoms with Gasteiger partial charge in [0.15, 0.2) is 5.75 Å². The average molecular weight is 471 g/mol. The molecule has 0 aliphatic rings. The van der Waals surface area contributed by atoms with E-state index in [1.54, 1.807) is 13.2 Å². The lowest BCUT2D eigenvalue weighted by Gasteiger charge is -2.36. The van der Waals surface area contributed by atoms with E-state index in [-0.39, 0.29) is 5.04 Å². The third-order valence-electron chi connectivity index (χ3n) is 4.94. The highest BCUT2D eigenvalue weighted by Gasteiger charge is 2.40. The first kappa shape index (κ1) is 22.8. The minimum atomic E-state index is -2.10. The first-order chi connectivity index (χ1) is 12.7. The molecule has 0 N–H and O–H groups in total. The molecule has 28 heavy (non-hydrogen) atoms. The van der Waals surface area contributed by atoms with Crippen LogP contribution in [0, 0.1) is 0 Å². The van der Waals surface area contributed by atoms with Crippen LogP contribution in [0.25, 0.3) is 11.0 Å². The Balaban J connectivity index is 2.64. The topological polar surface area (TPSA) is 57.9 Å². The number of hydrogen-bond donors (Lipinski definition) is 0. The van der Waals surface area contributed by atoms with Crippen LogP contribution in [-0.2, 0) is 10.1 Å². The van der Waals surface area contributed by atoms with Crippen LogP contribution in [0.3, 0.4) is 0 Å². The van der Waals surface area contributed by atoms with E-state index in [0.717, 1.165) is 0 Å². The minimum absolute atomic E-state index is 0.0262. The van der Waals surface area contributed by atoms with Crippen LogP contribution in [0.1, 0.15) is 57.7 Å². The molecule has 1 heterocycles. The molecule has 2 rings (SSSR count). The molecule has 5 nitrogen and oxygen atoms in total. The van der Waals surface area contributed by atoms with E-state index >= 15 is 0 Å². The number of furan rings is 1. The highest BCUT2D eigenvalue weighted by molar-refractivity contribution is 9.08. The highest BCUT2D eigenvalue weighted by atomic mass is 79.9. The van der Waals surface area contributed by atoms with Crippen molar-refractivity contribution in [2.45, 2.75) is 70.6 Å². The van der Waals surface area contributed by atoms with Gasteiger partial charge in [0.05, 0.1) is 12.4 Å². The lowest BCUT2D eigenvalue weighted by atomic mass is 10.1. The fourth-order valence-corrected chi connectivity index (χ4v) is 3.88. The Bertz CT molecular complexity index is 872. The van der Waals surface area contributed by atoms with Gasteiger partial charge in [0, 0.05) is 11.5 Å². The molecule has 1 aromatic carbocycles. The fourth-order valence-electron chi connectivity index (χ4n) is 2.47. The molecule has 0 radical (unpaired) electrons. The molecule has 0 amide bonds. The summed E-state index contributed by atoms with van der Waals surface area (Å²) in [7, 11) is -0.501. The van der Waals surface area contributed by atoms with Gasteiger partial charge < -0.3 is 18.3 Å². The second-order valence-corrected chi connectivity index (χ2v) is 14.7. The molecule has 0 bridgehead atoms. The molecule has 0 atom stereocenters. The van der Waals surface area contributed by atoms with Gasteiger partial charge in [-0.2, -0.15) is 0 Å². The van der Waals surface area contributed by atoms with Crippen molar-refractivity contribution in [1.29, 1.82) is 0 Å². The maximum absolute atomic E-state index is 12.9. The molecule has 2 aromatic rings. The normalized spacial score (nSPS) is 12.9. The van der Waals surface area contributed by atoms with Crippen molar-refractivity contribution in [2.75, 3.05) is 7.11 Å². The van der Waals surface area contributed by atoms with E-state index in [4.69, 9.17) is 18.3 Å².